The minimum absolute atomic E-state index is 0. The van der Waals surface area contributed by atoms with Gasteiger partial charge in [-0.2, -0.15) is 0 Å². The largest absolute Gasteiger partial charge is 0.450 e. The molecule has 0 saturated carbocycles. The van der Waals surface area contributed by atoms with Gasteiger partial charge < -0.3 is 19.7 Å². The molecule has 0 radical (unpaired) electrons. The monoisotopic (exact) mass is 328 g/mol. The molecule has 0 spiro atoms. The number of carbonyl (C=O) groups is 1. The van der Waals surface area contributed by atoms with Gasteiger partial charge in [-0.05, 0) is 18.9 Å². The van der Waals surface area contributed by atoms with Crippen molar-refractivity contribution >= 4 is 18.5 Å². The number of amides is 1. The van der Waals surface area contributed by atoms with E-state index in [1.54, 1.807) is 12.0 Å². The first-order chi connectivity index (χ1) is 10.2. The summed E-state index contributed by atoms with van der Waals surface area (Å²) in [5.74, 6) is 0. The molecular formula is C16H25ClN2O3. The highest BCUT2D eigenvalue weighted by Crippen LogP contribution is 2.15. The van der Waals surface area contributed by atoms with Crippen LogP contribution in [0.3, 0.4) is 0 Å². The maximum Gasteiger partial charge on any atom is 0.409 e. The fourth-order valence-electron chi connectivity index (χ4n) is 2.61. The van der Waals surface area contributed by atoms with Gasteiger partial charge in [-0.3, -0.25) is 0 Å². The van der Waals surface area contributed by atoms with Gasteiger partial charge >= 0.3 is 6.09 Å². The molecule has 1 aliphatic heterocycles. The number of carbonyl (C=O) groups excluding carboxylic acids is 1. The van der Waals surface area contributed by atoms with E-state index in [1.807, 2.05) is 25.1 Å². The number of likely N-dealkylation sites (tertiary alicyclic amines) is 1. The zero-order valence-corrected chi connectivity index (χ0v) is 14.0. The Hall–Kier alpha value is -1.30. The van der Waals surface area contributed by atoms with E-state index in [9.17, 15) is 4.79 Å². The number of hydrogen-bond donors (Lipinski definition) is 1. The average molecular weight is 329 g/mol. The summed E-state index contributed by atoms with van der Waals surface area (Å²) in [7, 11) is 1.69. The zero-order chi connectivity index (χ0) is 15.1. The lowest BCUT2D eigenvalue weighted by molar-refractivity contribution is 0.00342. The Kier molecular flexibility index (Phi) is 8.24. The van der Waals surface area contributed by atoms with E-state index >= 15 is 0 Å². The third-order valence-electron chi connectivity index (χ3n) is 3.80. The summed E-state index contributed by atoms with van der Waals surface area (Å²) >= 11 is 0. The number of benzene rings is 1. The second-order valence-corrected chi connectivity index (χ2v) is 5.18. The molecule has 1 aliphatic rings. The third-order valence-corrected chi connectivity index (χ3v) is 3.80. The van der Waals surface area contributed by atoms with Gasteiger partial charge in [0.2, 0.25) is 0 Å². The van der Waals surface area contributed by atoms with Crippen molar-refractivity contribution in [3.05, 3.63) is 35.9 Å². The number of nitrogens with one attached hydrogen (secondary N) is 1. The molecule has 1 heterocycles. The molecule has 0 unspecified atom stereocenters. The Morgan fingerprint density at radius 3 is 2.73 bits per heavy atom. The summed E-state index contributed by atoms with van der Waals surface area (Å²) in [4.78, 5) is 13.5. The molecule has 1 N–H and O–H groups in total. The molecule has 1 fully saturated rings. The molecule has 1 aromatic rings. The molecular weight excluding hydrogens is 304 g/mol. The number of halogens is 1. The predicted octanol–water partition coefficient (Wildman–Crippen LogP) is 2.44. The van der Waals surface area contributed by atoms with E-state index in [-0.39, 0.29) is 30.6 Å². The average Bonchev–Trinajstić information content (AvgIpc) is 2.54. The standard InChI is InChI=1S/C16H24N2O3.ClH/c1-3-21-16(19)18-10-9-14(15(12-18)20-2)17-11-13-7-5-4-6-8-13;/h4-8,14-15,17H,3,9-12H2,1-2H3;1H/t14-,15+;/m1./s1. The summed E-state index contributed by atoms with van der Waals surface area (Å²) in [6.45, 7) is 4.31. The van der Waals surface area contributed by atoms with Crippen LogP contribution in [0.5, 0.6) is 0 Å². The van der Waals surface area contributed by atoms with Gasteiger partial charge in [0, 0.05) is 26.2 Å². The highest BCUT2D eigenvalue weighted by atomic mass is 35.5. The maximum absolute atomic E-state index is 11.8. The van der Waals surface area contributed by atoms with E-state index in [0.717, 1.165) is 13.0 Å². The summed E-state index contributed by atoms with van der Waals surface area (Å²) < 4.78 is 10.6. The van der Waals surface area contributed by atoms with Gasteiger partial charge in [-0.25, -0.2) is 4.79 Å². The first-order valence-electron chi connectivity index (χ1n) is 7.46. The molecule has 0 aromatic heterocycles. The molecule has 1 saturated heterocycles. The fraction of sp³-hybridized carbons (Fsp3) is 0.562. The lowest BCUT2D eigenvalue weighted by Crippen LogP contribution is -2.54. The maximum atomic E-state index is 11.8. The lowest BCUT2D eigenvalue weighted by atomic mass is 10.0. The molecule has 1 aromatic carbocycles. The van der Waals surface area contributed by atoms with Crippen LogP contribution in [-0.4, -0.2) is 49.9 Å². The molecule has 2 rings (SSSR count). The molecule has 2 atom stereocenters. The number of methoxy groups -OCH3 is 1. The third kappa shape index (κ3) is 5.16. The van der Waals surface area contributed by atoms with Gasteiger partial charge in [0.05, 0.1) is 19.3 Å². The molecule has 124 valence electrons. The molecule has 6 heteroatoms. The SMILES string of the molecule is CCOC(=O)N1CC[C@@H](NCc2ccccc2)[C@@H](OC)C1.Cl. The topological polar surface area (TPSA) is 50.8 Å². The zero-order valence-electron chi connectivity index (χ0n) is 13.2. The van der Waals surface area contributed by atoms with Gasteiger partial charge in [0.15, 0.2) is 0 Å². The van der Waals surface area contributed by atoms with Gasteiger partial charge in [0.25, 0.3) is 0 Å². The summed E-state index contributed by atoms with van der Waals surface area (Å²) in [6, 6.07) is 10.5. The first kappa shape index (κ1) is 18.7. The van der Waals surface area contributed by atoms with Crippen LogP contribution in [0.2, 0.25) is 0 Å². The van der Waals surface area contributed by atoms with Gasteiger partial charge in [0.1, 0.15) is 0 Å². The van der Waals surface area contributed by atoms with Crippen LogP contribution in [0, 0.1) is 0 Å². The Labute approximate surface area is 138 Å². The number of ether oxygens (including phenoxy) is 2. The number of nitrogens with zero attached hydrogens (tertiary/aromatic N) is 1. The minimum atomic E-state index is -0.249. The van der Waals surface area contributed by atoms with Crippen LogP contribution >= 0.6 is 12.4 Å². The Morgan fingerprint density at radius 1 is 1.36 bits per heavy atom. The molecule has 0 aliphatic carbocycles. The smallest absolute Gasteiger partial charge is 0.409 e. The van der Waals surface area contributed by atoms with Crippen LogP contribution in [0.1, 0.15) is 18.9 Å². The van der Waals surface area contributed by atoms with E-state index in [0.29, 0.717) is 19.7 Å². The van der Waals surface area contributed by atoms with Crippen molar-refractivity contribution in [2.45, 2.75) is 32.0 Å². The second kappa shape index (κ2) is 9.66. The molecule has 22 heavy (non-hydrogen) atoms. The van der Waals surface area contributed by atoms with Crippen molar-refractivity contribution in [2.75, 3.05) is 26.8 Å². The quantitative estimate of drug-likeness (QED) is 0.902. The number of piperidine rings is 1. The van der Waals surface area contributed by atoms with Crippen LogP contribution in [0.4, 0.5) is 4.79 Å². The fourth-order valence-corrected chi connectivity index (χ4v) is 2.61. The van der Waals surface area contributed by atoms with Crippen molar-refractivity contribution in [1.29, 1.82) is 0 Å². The number of hydrogen-bond acceptors (Lipinski definition) is 4. The minimum Gasteiger partial charge on any atom is -0.450 e. The lowest BCUT2D eigenvalue weighted by Gasteiger charge is -2.37. The van der Waals surface area contributed by atoms with Gasteiger partial charge in [-0.15, -0.1) is 12.4 Å². The van der Waals surface area contributed by atoms with Crippen molar-refractivity contribution in [1.82, 2.24) is 10.2 Å². The van der Waals surface area contributed by atoms with Crippen molar-refractivity contribution in [2.24, 2.45) is 0 Å². The Bertz CT molecular complexity index is 444. The highest BCUT2D eigenvalue weighted by Gasteiger charge is 2.31. The van der Waals surface area contributed by atoms with Crippen molar-refractivity contribution in [3.63, 3.8) is 0 Å². The summed E-state index contributed by atoms with van der Waals surface area (Å²) in [5, 5.41) is 3.53. The predicted molar refractivity (Wildman–Crippen MR) is 88.3 cm³/mol. The van der Waals surface area contributed by atoms with E-state index in [4.69, 9.17) is 9.47 Å². The molecule has 1 amide bonds. The Balaban J connectivity index is 0.00000242. The summed E-state index contributed by atoms with van der Waals surface area (Å²) in [5.41, 5.74) is 1.25. The van der Waals surface area contributed by atoms with Crippen molar-refractivity contribution in [3.8, 4) is 0 Å². The van der Waals surface area contributed by atoms with Crippen LogP contribution < -0.4 is 5.32 Å². The van der Waals surface area contributed by atoms with Crippen LogP contribution in [-0.2, 0) is 16.0 Å². The van der Waals surface area contributed by atoms with Crippen LogP contribution in [0.15, 0.2) is 30.3 Å². The van der Waals surface area contributed by atoms with E-state index in [2.05, 4.69) is 17.4 Å². The molecule has 5 nitrogen and oxygen atoms in total. The highest BCUT2D eigenvalue weighted by molar-refractivity contribution is 5.85. The van der Waals surface area contributed by atoms with E-state index in [1.165, 1.54) is 5.56 Å². The second-order valence-electron chi connectivity index (χ2n) is 5.18. The van der Waals surface area contributed by atoms with Gasteiger partial charge in [-0.1, -0.05) is 30.3 Å². The number of rotatable bonds is 5. The Morgan fingerprint density at radius 2 is 2.09 bits per heavy atom. The van der Waals surface area contributed by atoms with Crippen molar-refractivity contribution < 1.29 is 14.3 Å². The first-order valence-corrected chi connectivity index (χ1v) is 7.46. The molecule has 0 bridgehead atoms. The van der Waals surface area contributed by atoms with Crippen LogP contribution in [0.25, 0.3) is 0 Å². The summed E-state index contributed by atoms with van der Waals surface area (Å²) in [6.07, 6.45) is 0.609. The van der Waals surface area contributed by atoms with E-state index < -0.39 is 0 Å². The normalized spacial score (nSPS) is 21.1.